The summed E-state index contributed by atoms with van der Waals surface area (Å²) in [7, 11) is 0. The highest BCUT2D eigenvalue weighted by atomic mass is 19.4. The Morgan fingerprint density at radius 3 is 2.35 bits per heavy atom. The lowest BCUT2D eigenvalue weighted by molar-refractivity contribution is -0.139. The van der Waals surface area contributed by atoms with E-state index in [1.165, 1.54) is 12.3 Å². The van der Waals surface area contributed by atoms with Crippen molar-refractivity contribution in [2.75, 3.05) is 0 Å². The quantitative estimate of drug-likeness (QED) is 0.425. The van der Waals surface area contributed by atoms with E-state index in [1.807, 2.05) is 0 Å². The van der Waals surface area contributed by atoms with Crippen molar-refractivity contribution >= 4 is 28.0 Å². The van der Waals surface area contributed by atoms with Crippen molar-refractivity contribution in [1.29, 1.82) is 0 Å². The highest BCUT2D eigenvalue weighted by molar-refractivity contribution is 6.06. The molecule has 0 spiro atoms. The smallest absolute Gasteiger partial charge is 0.422 e. The van der Waals surface area contributed by atoms with Crippen LogP contribution in [-0.2, 0) is 10.9 Å². The number of carbonyl (C=O) groups excluding carboxylic acids is 1. The Hall–Kier alpha value is -2.84. The lowest BCUT2D eigenvalue weighted by atomic mass is 10.1. The molecule has 0 saturated heterocycles. The summed E-state index contributed by atoms with van der Waals surface area (Å²) in [5.41, 5.74) is -4.93. The first-order valence-corrected chi connectivity index (χ1v) is 7.47. The van der Waals surface area contributed by atoms with Crippen LogP contribution in [0.25, 0.3) is 21.9 Å². The summed E-state index contributed by atoms with van der Waals surface area (Å²) in [6, 6.07) is 2.97. The van der Waals surface area contributed by atoms with Crippen LogP contribution in [0.4, 0.5) is 22.4 Å². The van der Waals surface area contributed by atoms with Gasteiger partial charge in [-0.1, -0.05) is 0 Å². The number of fused-ring (bicyclic) bond motifs is 3. The molecule has 5 nitrogen and oxygen atoms in total. The first-order chi connectivity index (χ1) is 11.9. The first-order valence-electron chi connectivity index (χ1n) is 7.47. The van der Waals surface area contributed by atoms with E-state index in [0.29, 0.717) is 6.07 Å². The van der Waals surface area contributed by atoms with Crippen LogP contribution in [0.15, 0.2) is 33.6 Å². The number of alkyl halides is 3. The van der Waals surface area contributed by atoms with Gasteiger partial charge in [0.1, 0.15) is 22.5 Å². The van der Waals surface area contributed by atoms with Crippen LogP contribution >= 0.6 is 0 Å². The van der Waals surface area contributed by atoms with Crippen LogP contribution in [0.2, 0.25) is 0 Å². The Balaban J connectivity index is 2.34. The van der Waals surface area contributed by atoms with Crippen molar-refractivity contribution in [3.8, 4) is 0 Å². The summed E-state index contributed by atoms with van der Waals surface area (Å²) in [5, 5.41) is -0.122. The van der Waals surface area contributed by atoms with Crippen molar-refractivity contribution in [3.63, 3.8) is 0 Å². The summed E-state index contributed by atoms with van der Waals surface area (Å²) in [4.78, 5) is 24.5. The zero-order chi connectivity index (χ0) is 19.4. The fraction of sp³-hybridized carbons (Fsp3) is 0.294. The molecule has 0 aliphatic rings. The molecule has 3 aromatic rings. The van der Waals surface area contributed by atoms with Crippen LogP contribution in [-0.4, -0.2) is 16.3 Å². The molecular weight excluding hydrogens is 358 g/mol. The van der Waals surface area contributed by atoms with E-state index >= 15 is 0 Å². The van der Waals surface area contributed by atoms with E-state index in [1.54, 1.807) is 20.8 Å². The molecule has 138 valence electrons. The number of hydrogen-bond acceptors (Lipinski definition) is 4. The zero-order valence-corrected chi connectivity index (χ0v) is 13.9. The van der Waals surface area contributed by atoms with Gasteiger partial charge in [0.05, 0.1) is 0 Å². The van der Waals surface area contributed by atoms with Crippen LogP contribution in [0.1, 0.15) is 26.3 Å². The van der Waals surface area contributed by atoms with Crippen molar-refractivity contribution in [1.82, 2.24) is 4.57 Å². The third-order valence-electron chi connectivity index (χ3n) is 3.55. The maximum Gasteiger partial charge on any atom is 0.422 e. The van der Waals surface area contributed by atoms with Gasteiger partial charge in [0, 0.05) is 17.0 Å². The minimum atomic E-state index is -5.05. The van der Waals surface area contributed by atoms with E-state index in [4.69, 9.17) is 9.15 Å². The molecule has 0 bridgehead atoms. The van der Waals surface area contributed by atoms with Crippen LogP contribution in [0.3, 0.4) is 0 Å². The fourth-order valence-corrected chi connectivity index (χ4v) is 2.60. The second kappa shape index (κ2) is 5.58. The maximum absolute atomic E-state index is 13.7. The van der Waals surface area contributed by atoms with Gasteiger partial charge in [-0.05, 0) is 39.0 Å². The Bertz CT molecular complexity index is 1090. The highest BCUT2D eigenvalue weighted by Gasteiger charge is 2.38. The van der Waals surface area contributed by atoms with E-state index in [9.17, 15) is 27.2 Å². The third-order valence-corrected chi connectivity index (χ3v) is 3.55. The number of rotatable bonds is 0. The van der Waals surface area contributed by atoms with E-state index < -0.39 is 40.5 Å². The number of hydrogen-bond donors (Lipinski definition) is 0. The zero-order valence-electron chi connectivity index (χ0n) is 13.9. The average molecular weight is 371 g/mol. The molecule has 1 aromatic carbocycles. The summed E-state index contributed by atoms with van der Waals surface area (Å²) < 4.78 is 63.9. The molecule has 0 amide bonds. The van der Waals surface area contributed by atoms with Crippen molar-refractivity contribution in [3.05, 3.63) is 46.2 Å². The standard InChI is InChI=1S/C17H13F4NO4/c1-16(2,3)26-15(24)22-7-6-8-9-4-5-10(18)11(17(19,20)21)13(9)25-14(23)12(8)22/h4-7H,1-3H3. The van der Waals surface area contributed by atoms with E-state index in [2.05, 4.69) is 0 Å². The van der Waals surface area contributed by atoms with Gasteiger partial charge in [0.25, 0.3) is 0 Å². The van der Waals surface area contributed by atoms with Crippen LogP contribution in [0.5, 0.6) is 0 Å². The van der Waals surface area contributed by atoms with Crippen LogP contribution in [0, 0.1) is 5.82 Å². The van der Waals surface area contributed by atoms with Crippen LogP contribution < -0.4 is 5.63 Å². The minimum Gasteiger partial charge on any atom is -0.443 e. The van der Waals surface area contributed by atoms with Crippen molar-refractivity contribution in [2.45, 2.75) is 32.5 Å². The Kier molecular flexibility index (Phi) is 3.86. The number of ether oxygens (including phenoxy) is 1. The molecule has 0 N–H and O–H groups in total. The van der Waals surface area contributed by atoms with Crippen molar-refractivity contribution in [2.24, 2.45) is 0 Å². The number of carbonyl (C=O) groups is 1. The highest BCUT2D eigenvalue weighted by Crippen LogP contribution is 2.38. The lowest BCUT2D eigenvalue weighted by Gasteiger charge is -2.19. The topological polar surface area (TPSA) is 61.4 Å². The molecule has 9 heteroatoms. The number of nitrogens with zero attached hydrogens (tertiary/aromatic N) is 1. The average Bonchev–Trinajstić information content (AvgIpc) is 2.89. The molecule has 2 heterocycles. The van der Waals surface area contributed by atoms with Gasteiger partial charge in [0.2, 0.25) is 0 Å². The fourth-order valence-electron chi connectivity index (χ4n) is 2.60. The lowest BCUT2D eigenvalue weighted by Crippen LogP contribution is -2.27. The predicted octanol–water partition coefficient (Wildman–Crippen LogP) is 4.69. The van der Waals surface area contributed by atoms with Gasteiger partial charge in [-0.2, -0.15) is 13.2 Å². The van der Waals surface area contributed by atoms with Gasteiger partial charge >= 0.3 is 17.9 Å². The van der Waals surface area contributed by atoms with Gasteiger partial charge in [0.15, 0.2) is 5.58 Å². The second-order valence-corrected chi connectivity index (χ2v) is 6.61. The Morgan fingerprint density at radius 2 is 1.77 bits per heavy atom. The molecular formula is C17H13F4NO4. The van der Waals surface area contributed by atoms with E-state index in [0.717, 1.165) is 10.6 Å². The molecule has 0 fully saturated rings. The first kappa shape index (κ1) is 18.0. The van der Waals surface area contributed by atoms with Gasteiger partial charge in [-0.15, -0.1) is 0 Å². The van der Waals surface area contributed by atoms with E-state index in [-0.39, 0.29) is 16.3 Å². The van der Waals surface area contributed by atoms with Gasteiger partial charge in [-0.25, -0.2) is 18.5 Å². The predicted molar refractivity (Wildman–Crippen MR) is 84.6 cm³/mol. The van der Waals surface area contributed by atoms with Crippen molar-refractivity contribution < 1.29 is 31.5 Å². The normalized spacial score (nSPS) is 12.7. The molecule has 26 heavy (non-hydrogen) atoms. The van der Waals surface area contributed by atoms with Gasteiger partial charge < -0.3 is 9.15 Å². The molecule has 0 aliphatic carbocycles. The molecule has 0 saturated carbocycles. The summed E-state index contributed by atoms with van der Waals surface area (Å²) in [5.74, 6) is -1.56. The Labute approximate surface area is 143 Å². The Morgan fingerprint density at radius 1 is 1.12 bits per heavy atom. The summed E-state index contributed by atoms with van der Waals surface area (Å²) in [6.45, 7) is 4.85. The largest absolute Gasteiger partial charge is 0.443 e. The third kappa shape index (κ3) is 2.93. The SMILES string of the molecule is CC(C)(C)OC(=O)n1ccc2c3ccc(F)c(C(F)(F)F)c3oc(=O)c21. The number of benzene rings is 1. The second-order valence-electron chi connectivity index (χ2n) is 6.61. The number of aromatic nitrogens is 1. The molecule has 0 unspecified atom stereocenters. The maximum atomic E-state index is 13.7. The number of halogens is 4. The molecule has 2 aromatic heterocycles. The molecule has 3 rings (SSSR count). The molecule has 0 radical (unpaired) electrons. The monoisotopic (exact) mass is 371 g/mol. The summed E-state index contributed by atoms with van der Waals surface area (Å²) in [6.07, 6.45) is -4.76. The van der Waals surface area contributed by atoms with Gasteiger partial charge in [-0.3, -0.25) is 0 Å². The minimum absolute atomic E-state index is 0.0209. The summed E-state index contributed by atoms with van der Waals surface area (Å²) >= 11 is 0. The molecule has 0 aliphatic heterocycles. The molecule has 0 atom stereocenters.